The molecule has 1 fully saturated rings. The first-order chi connectivity index (χ1) is 9.93. The Balaban J connectivity index is 2.18. The molecule has 1 N–H and O–H groups in total. The van der Waals surface area contributed by atoms with Gasteiger partial charge in [0.25, 0.3) is 0 Å². The van der Waals surface area contributed by atoms with Crippen molar-refractivity contribution in [2.75, 3.05) is 13.1 Å². The quantitative estimate of drug-likeness (QED) is 0.879. The second kappa shape index (κ2) is 6.48. The number of carbonyl (C=O) groups is 1. The van der Waals surface area contributed by atoms with Gasteiger partial charge in [-0.15, -0.1) is 0 Å². The Labute approximate surface area is 134 Å². The van der Waals surface area contributed by atoms with Crippen LogP contribution >= 0.6 is 15.9 Å². The zero-order chi connectivity index (χ0) is 15.6. The Kier molecular flexibility index (Phi) is 5.09. The lowest BCUT2D eigenvalue weighted by Crippen LogP contribution is -2.47. The Morgan fingerprint density at radius 2 is 2.19 bits per heavy atom. The summed E-state index contributed by atoms with van der Waals surface area (Å²) in [6.07, 6.45) is 2.41. The lowest BCUT2D eigenvalue weighted by molar-refractivity contribution is -0.153. The minimum absolute atomic E-state index is 0.586. The maximum Gasteiger partial charge on any atom is 0.310 e. The zero-order valence-corrected chi connectivity index (χ0v) is 14.6. The van der Waals surface area contributed by atoms with Gasteiger partial charge in [-0.25, -0.2) is 0 Å². The Hall–Kier alpha value is -0.880. The van der Waals surface area contributed by atoms with E-state index in [1.54, 1.807) is 0 Å². The molecule has 0 spiro atoms. The van der Waals surface area contributed by atoms with Crippen molar-refractivity contribution in [2.24, 2.45) is 5.41 Å². The third-order valence-corrected chi connectivity index (χ3v) is 5.64. The highest BCUT2D eigenvalue weighted by atomic mass is 79.9. The highest BCUT2D eigenvalue weighted by Crippen LogP contribution is 2.35. The van der Waals surface area contributed by atoms with E-state index in [0.717, 1.165) is 48.3 Å². The van der Waals surface area contributed by atoms with Crippen molar-refractivity contribution >= 4 is 21.9 Å². The molecule has 0 aromatic carbocycles. The number of aryl methyl sites for hydroxylation is 2. The Morgan fingerprint density at radius 3 is 2.76 bits per heavy atom. The first-order valence-electron chi connectivity index (χ1n) is 7.61. The van der Waals surface area contributed by atoms with Crippen molar-refractivity contribution in [3.8, 4) is 0 Å². The number of hydrogen-bond donors (Lipinski definition) is 1. The number of aliphatic carboxylic acids is 1. The van der Waals surface area contributed by atoms with Gasteiger partial charge >= 0.3 is 5.97 Å². The molecule has 2 rings (SSSR count). The second-order valence-electron chi connectivity index (χ2n) is 5.92. The summed E-state index contributed by atoms with van der Waals surface area (Å²) >= 11 is 3.62. The van der Waals surface area contributed by atoms with Crippen LogP contribution in [0.2, 0.25) is 0 Å². The molecule has 1 aromatic rings. The molecule has 1 aliphatic heterocycles. The minimum atomic E-state index is -0.658. The number of likely N-dealkylation sites (tertiary alicyclic amines) is 1. The fraction of sp³-hybridized carbons (Fsp3) is 0.733. The molecule has 0 saturated carbocycles. The van der Waals surface area contributed by atoms with Crippen LogP contribution in [-0.4, -0.2) is 38.8 Å². The van der Waals surface area contributed by atoms with Gasteiger partial charge in [0.05, 0.1) is 21.3 Å². The van der Waals surface area contributed by atoms with Crippen LogP contribution < -0.4 is 0 Å². The summed E-state index contributed by atoms with van der Waals surface area (Å²) in [4.78, 5) is 13.9. The van der Waals surface area contributed by atoms with Gasteiger partial charge in [-0.3, -0.25) is 14.4 Å². The Morgan fingerprint density at radius 1 is 1.48 bits per heavy atom. The maximum atomic E-state index is 11.6. The van der Waals surface area contributed by atoms with E-state index in [-0.39, 0.29) is 0 Å². The molecular formula is C15H24BrN3O2. The van der Waals surface area contributed by atoms with Crippen LogP contribution in [0.25, 0.3) is 0 Å². The summed E-state index contributed by atoms with van der Waals surface area (Å²) in [5, 5.41) is 14.1. The van der Waals surface area contributed by atoms with E-state index in [2.05, 4.69) is 32.9 Å². The van der Waals surface area contributed by atoms with Gasteiger partial charge in [-0.05, 0) is 55.6 Å². The molecule has 2 heterocycles. The molecule has 0 aliphatic carbocycles. The van der Waals surface area contributed by atoms with Crippen LogP contribution in [0.15, 0.2) is 4.47 Å². The van der Waals surface area contributed by atoms with E-state index in [1.165, 1.54) is 0 Å². The monoisotopic (exact) mass is 357 g/mol. The van der Waals surface area contributed by atoms with Gasteiger partial charge < -0.3 is 5.11 Å². The topological polar surface area (TPSA) is 58.4 Å². The fourth-order valence-corrected chi connectivity index (χ4v) is 3.62. The van der Waals surface area contributed by atoms with Gasteiger partial charge in [0.2, 0.25) is 0 Å². The number of aromatic nitrogens is 2. The molecule has 1 aliphatic rings. The summed E-state index contributed by atoms with van der Waals surface area (Å²) < 4.78 is 3.05. The lowest BCUT2D eigenvalue weighted by Gasteiger charge is -2.39. The smallest absolute Gasteiger partial charge is 0.310 e. The normalized spacial score (nSPS) is 23.4. The standard InChI is InChI=1S/C15H24BrN3O2/c1-4-15(14(20)21)7-6-8-18(10-15)9-12-13(16)11(3)17-19(12)5-2/h4-10H2,1-3H3,(H,20,21). The van der Waals surface area contributed by atoms with E-state index in [9.17, 15) is 9.90 Å². The molecular weight excluding hydrogens is 334 g/mol. The number of carboxylic acids is 1. The average Bonchev–Trinajstić information content (AvgIpc) is 2.75. The summed E-state index contributed by atoms with van der Waals surface area (Å²) in [6.45, 7) is 9.20. The molecule has 21 heavy (non-hydrogen) atoms. The highest BCUT2D eigenvalue weighted by Gasteiger charge is 2.40. The molecule has 5 nitrogen and oxygen atoms in total. The van der Waals surface area contributed by atoms with E-state index in [4.69, 9.17) is 0 Å². The lowest BCUT2D eigenvalue weighted by atomic mass is 9.77. The van der Waals surface area contributed by atoms with E-state index in [0.29, 0.717) is 13.0 Å². The molecule has 6 heteroatoms. The molecule has 1 aromatic heterocycles. The van der Waals surface area contributed by atoms with Crippen LogP contribution in [0.3, 0.4) is 0 Å². The molecule has 0 bridgehead atoms. The van der Waals surface area contributed by atoms with Crippen LogP contribution in [0.1, 0.15) is 44.5 Å². The largest absolute Gasteiger partial charge is 0.481 e. The summed E-state index contributed by atoms with van der Waals surface area (Å²) in [7, 11) is 0. The summed E-state index contributed by atoms with van der Waals surface area (Å²) in [5.41, 5.74) is 1.55. The van der Waals surface area contributed by atoms with Crippen LogP contribution in [0.4, 0.5) is 0 Å². The molecule has 1 unspecified atom stereocenters. The first kappa shape index (κ1) is 16.5. The third kappa shape index (κ3) is 3.16. The van der Waals surface area contributed by atoms with Crippen molar-refractivity contribution in [3.05, 3.63) is 15.9 Å². The number of nitrogens with zero attached hydrogens (tertiary/aromatic N) is 3. The van der Waals surface area contributed by atoms with E-state index in [1.807, 2.05) is 18.5 Å². The number of hydrogen-bond acceptors (Lipinski definition) is 3. The zero-order valence-electron chi connectivity index (χ0n) is 13.0. The van der Waals surface area contributed by atoms with Crippen molar-refractivity contribution in [3.63, 3.8) is 0 Å². The number of piperidine rings is 1. The predicted octanol–water partition coefficient (Wildman–Crippen LogP) is 3.05. The first-order valence-corrected chi connectivity index (χ1v) is 8.40. The second-order valence-corrected chi connectivity index (χ2v) is 6.71. The molecule has 0 amide bonds. The van der Waals surface area contributed by atoms with Gasteiger partial charge in [0, 0.05) is 19.6 Å². The number of rotatable bonds is 5. The molecule has 118 valence electrons. The highest BCUT2D eigenvalue weighted by molar-refractivity contribution is 9.10. The minimum Gasteiger partial charge on any atom is -0.481 e. The van der Waals surface area contributed by atoms with Gasteiger partial charge in [-0.1, -0.05) is 6.92 Å². The van der Waals surface area contributed by atoms with Crippen LogP contribution in [0.5, 0.6) is 0 Å². The van der Waals surface area contributed by atoms with Crippen molar-refractivity contribution < 1.29 is 9.90 Å². The van der Waals surface area contributed by atoms with E-state index >= 15 is 0 Å². The van der Waals surface area contributed by atoms with Gasteiger partial charge in [-0.2, -0.15) is 5.10 Å². The summed E-state index contributed by atoms with van der Waals surface area (Å²) in [5.74, 6) is -0.658. The maximum absolute atomic E-state index is 11.6. The average molecular weight is 358 g/mol. The molecule has 1 saturated heterocycles. The van der Waals surface area contributed by atoms with Crippen LogP contribution in [-0.2, 0) is 17.9 Å². The van der Waals surface area contributed by atoms with Gasteiger partial charge in [0.15, 0.2) is 0 Å². The fourth-order valence-electron chi connectivity index (χ4n) is 3.21. The predicted molar refractivity (Wildman–Crippen MR) is 85.2 cm³/mol. The van der Waals surface area contributed by atoms with Crippen molar-refractivity contribution in [2.45, 2.75) is 53.1 Å². The van der Waals surface area contributed by atoms with Crippen LogP contribution in [0, 0.1) is 12.3 Å². The summed E-state index contributed by atoms with van der Waals surface area (Å²) in [6, 6.07) is 0. The molecule has 0 radical (unpaired) electrons. The Bertz CT molecular complexity index is 529. The van der Waals surface area contributed by atoms with Gasteiger partial charge in [0.1, 0.15) is 0 Å². The number of halogens is 1. The third-order valence-electron chi connectivity index (χ3n) is 4.61. The van der Waals surface area contributed by atoms with Crippen molar-refractivity contribution in [1.29, 1.82) is 0 Å². The molecule has 1 atom stereocenters. The SMILES string of the molecule is CCn1nc(C)c(Br)c1CN1CCCC(CC)(C(=O)O)C1. The van der Waals surface area contributed by atoms with Crippen molar-refractivity contribution in [1.82, 2.24) is 14.7 Å². The van der Waals surface area contributed by atoms with E-state index < -0.39 is 11.4 Å². The number of carboxylic acid groups (broad SMARTS) is 1.